The first kappa shape index (κ1) is 20.5. The van der Waals surface area contributed by atoms with E-state index in [1.807, 2.05) is 12.1 Å². The lowest BCUT2D eigenvalue weighted by atomic mass is 9.95. The molecule has 2 heterocycles. The van der Waals surface area contributed by atoms with Crippen molar-refractivity contribution in [2.24, 2.45) is 16.6 Å². The number of amides is 1. The highest BCUT2D eigenvalue weighted by Crippen LogP contribution is 2.19. The van der Waals surface area contributed by atoms with Gasteiger partial charge >= 0.3 is 0 Å². The summed E-state index contributed by atoms with van der Waals surface area (Å²) in [4.78, 5) is 21.8. The summed E-state index contributed by atoms with van der Waals surface area (Å²) in [5.74, 6) is 1.51. The van der Waals surface area contributed by atoms with Gasteiger partial charge in [0.2, 0.25) is 11.8 Å². The van der Waals surface area contributed by atoms with Crippen LogP contribution in [0.2, 0.25) is 0 Å². The number of nitrogens with two attached hydrogens (primary N) is 1. The van der Waals surface area contributed by atoms with Gasteiger partial charge in [-0.05, 0) is 30.4 Å². The molecule has 0 radical (unpaired) electrons. The molecule has 3 N–H and O–H groups in total. The highest BCUT2D eigenvalue weighted by Gasteiger charge is 2.23. The molecule has 0 aliphatic carbocycles. The number of rotatable bonds is 5. The number of nitrogens with one attached hydrogen (secondary N) is 1. The van der Waals surface area contributed by atoms with E-state index in [4.69, 9.17) is 10.5 Å². The quantitative estimate of drug-likeness (QED) is 0.404. The van der Waals surface area contributed by atoms with Gasteiger partial charge in [-0.2, -0.15) is 0 Å². The van der Waals surface area contributed by atoms with Crippen LogP contribution in [0, 0.1) is 5.92 Å². The van der Waals surface area contributed by atoms with E-state index in [0.717, 1.165) is 37.5 Å². The number of nitrogens with zero attached hydrogens (tertiary/aromatic N) is 3. The first-order chi connectivity index (χ1) is 11.1. The normalized spacial score (nSPS) is 17.8. The minimum absolute atomic E-state index is 0. The second-order valence-corrected chi connectivity index (χ2v) is 5.73. The number of halogens is 1. The number of aliphatic imine (C=N–C) groups is 1. The van der Waals surface area contributed by atoms with Crippen molar-refractivity contribution in [1.29, 1.82) is 0 Å². The highest BCUT2D eigenvalue weighted by atomic mass is 127. The Morgan fingerprint density at radius 2 is 2.38 bits per heavy atom. The monoisotopic (exact) mass is 447 g/mol. The van der Waals surface area contributed by atoms with Crippen molar-refractivity contribution in [3.63, 3.8) is 0 Å². The maximum absolute atomic E-state index is 11.1. The summed E-state index contributed by atoms with van der Waals surface area (Å²) >= 11 is 0. The third kappa shape index (κ3) is 6.14. The standard InChI is InChI=1S/C16H25N5O2.HI/c1-18-16(20-10-12-5-6-19-15(9-12)23-2)21-7-3-4-13(11-21)8-14(17)22;/h5-6,9,13H,3-4,7-8,10-11H2,1-2H3,(H2,17,22)(H,18,20);1H. The summed E-state index contributed by atoms with van der Waals surface area (Å²) in [5, 5.41) is 3.36. The number of primary amides is 1. The molecule has 1 aromatic heterocycles. The molecule has 0 aromatic carbocycles. The van der Waals surface area contributed by atoms with Crippen LogP contribution in [0.25, 0.3) is 0 Å². The third-order valence-electron chi connectivity index (χ3n) is 3.98. The van der Waals surface area contributed by atoms with Crippen LogP contribution in [0.15, 0.2) is 23.3 Å². The summed E-state index contributed by atoms with van der Waals surface area (Å²) in [5.41, 5.74) is 6.39. The smallest absolute Gasteiger partial charge is 0.217 e. The number of piperidine rings is 1. The molecule has 0 saturated carbocycles. The molecule has 24 heavy (non-hydrogen) atoms. The predicted molar refractivity (Wildman–Crippen MR) is 105 cm³/mol. The van der Waals surface area contributed by atoms with Gasteiger partial charge in [-0.25, -0.2) is 4.98 Å². The van der Waals surface area contributed by atoms with Crippen LogP contribution < -0.4 is 15.8 Å². The van der Waals surface area contributed by atoms with Crippen LogP contribution in [-0.4, -0.2) is 49.0 Å². The molecule has 1 fully saturated rings. The molecule has 7 nitrogen and oxygen atoms in total. The summed E-state index contributed by atoms with van der Waals surface area (Å²) < 4.78 is 5.13. The van der Waals surface area contributed by atoms with E-state index < -0.39 is 0 Å². The van der Waals surface area contributed by atoms with Gasteiger partial charge in [-0.1, -0.05) is 0 Å². The number of guanidine groups is 1. The van der Waals surface area contributed by atoms with E-state index in [-0.39, 0.29) is 29.9 Å². The Balaban J connectivity index is 0.00000288. The van der Waals surface area contributed by atoms with Gasteiger partial charge in [0.05, 0.1) is 7.11 Å². The van der Waals surface area contributed by atoms with Crippen LogP contribution in [0.5, 0.6) is 5.88 Å². The number of hydrogen-bond acceptors (Lipinski definition) is 4. The van der Waals surface area contributed by atoms with E-state index in [2.05, 4.69) is 20.2 Å². The molecule has 1 unspecified atom stereocenters. The van der Waals surface area contributed by atoms with Gasteiger partial charge in [0, 0.05) is 45.4 Å². The van der Waals surface area contributed by atoms with Crippen molar-refractivity contribution in [3.8, 4) is 5.88 Å². The molecule has 1 aliphatic rings. The first-order valence-electron chi connectivity index (χ1n) is 7.85. The minimum atomic E-state index is -0.233. The molecule has 8 heteroatoms. The van der Waals surface area contributed by atoms with Crippen molar-refractivity contribution in [1.82, 2.24) is 15.2 Å². The maximum Gasteiger partial charge on any atom is 0.217 e. The second-order valence-electron chi connectivity index (χ2n) is 5.73. The Hall–Kier alpha value is -1.58. The van der Waals surface area contributed by atoms with Crippen LogP contribution in [0.4, 0.5) is 0 Å². The van der Waals surface area contributed by atoms with E-state index >= 15 is 0 Å². The van der Waals surface area contributed by atoms with Gasteiger partial charge in [0.15, 0.2) is 5.96 Å². The number of methoxy groups -OCH3 is 1. The topological polar surface area (TPSA) is 92.8 Å². The number of ether oxygens (including phenoxy) is 1. The molecule has 0 bridgehead atoms. The number of carbonyl (C=O) groups is 1. The fraction of sp³-hybridized carbons (Fsp3) is 0.562. The van der Waals surface area contributed by atoms with Crippen molar-refractivity contribution in [2.75, 3.05) is 27.2 Å². The number of hydrogen-bond donors (Lipinski definition) is 2. The molecule has 1 saturated heterocycles. The summed E-state index contributed by atoms with van der Waals surface area (Å²) in [7, 11) is 3.37. The Bertz CT molecular complexity index is 567. The molecule has 1 aliphatic heterocycles. The largest absolute Gasteiger partial charge is 0.481 e. The van der Waals surface area contributed by atoms with Crippen molar-refractivity contribution < 1.29 is 9.53 Å². The third-order valence-corrected chi connectivity index (χ3v) is 3.98. The van der Waals surface area contributed by atoms with E-state index in [1.54, 1.807) is 20.4 Å². The van der Waals surface area contributed by atoms with Gasteiger partial charge < -0.3 is 20.7 Å². The van der Waals surface area contributed by atoms with Gasteiger partial charge in [-0.15, -0.1) is 24.0 Å². The lowest BCUT2D eigenvalue weighted by Gasteiger charge is -2.34. The molecule has 2 rings (SSSR count). The van der Waals surface area contributed by atoms with Crippen LogP contribution >= 0.6 is 24.0 Å². The van der Waals surface area contributed by atoms with E-state index in [9.17, 15) is 4.79 Å². The van der Waals surface area contributed by atoms with Gasteiger partial charge in [-0.3, -0.25) is 9.79 Å². The Labute approximate surface area is 160 Å². The van der Waals surface area contributed by atoms with Crippen molar-refractivity contribution in [2.45, 2.75) is 25.8 Å². The minimum Gasteiger partial charge on any atom is -0.481 e. The second kappa shape index (κ2) is 10.3. The molecule has 0 spiro atoms. The van der Waals surface area contributed by atoms with E-state index in [1.165, 1.54) is 0 Å². The molecular formula is C16H26IN5O2. The molecule has 1 aromatic rings. The van der Waals surface area contributed by atoms with Crippen LogP contribution in [-0.2, 0) is 11.3 Å². The van der Waals surface area contributed by atoms with E-state index in [0.29, 0.717) is 24.8 Å². The van der Waals surface area contributed by atoms with Crippen LogP contribution in [0.3, 0.4) is 0 Å². The number of pyridine rings is 1. The number of likely N-dealkylation sites (tertiary alicyclic amines) is 1. The predicted octanol–water partition coefficient (Wildman–Crippen LogP) is 1.37. The zero-order chi connectivity index (χ0) is 16.7. The maximum atomic E-state index is 11.1. The zero-order valence-corrected chi connectivity index (χ0v) is 16.5. The fourth-order valence-corrected chi connectivity index (χ4v) is 2.89. The Kier molecular flexibility index (Phi) is 8.80. The lowest BCUT2D eigenvalue weighted by Crippen LogP contribution is -2.46. The lowest BCUT2D eigenvalue weighted by molar-refractivity contribution is -0.119. The fourth-order valence-electron chi connectivity index (χ4n) is 2.89. The summed E-state index contributed by atoms with van der Waals surface area (Å²) in [6.45, 7) is 2.39. The van der Waals surface area contributed by atoms with Crippen molar-refractivity contribution >= 4 is 35.8 Å². The van der Waals surface area contributed by atoms with Crippen molar-refractivity contribution in [3.05, 3.63) is 23.9 Å². The Morgan fingerprint density at radius 1 is 1.58 bits per heavy atom. The van der Waals surface area contributed by atoms with Crippen LogP contribution in [0.1, 0.15) is 24.8 Å². The molecule has 1 atom stereocenters. The molecular weight excluding hydrogens is 421 g/mol. The summed E-state index contributed by atoms with van der Waals surface area (Å²) in [6.07, 6.45) is 4.25. The van der Waals surface area contributed by atoms with Gasteiger partial charge in [0.1, 0.15) is 0 Å². The number of aromatic nitrogens is 1. The summed E-state index contributed by atoms with van der Waals surface area (Å²) in [6, 6.07) is 3.83. The highest BCUT2D eigenvalue weighted by molar-refractivity contribution is 14.0. The average molecular weight is 447 g/mol. The molecule has 1 amide bonds. The zero-order valence-electron chi connectivity index (χ0n) is 14.2. The van der Waals surface area contributed by atoms with Gasteiger partial charge in [0.25, 0.3) is 0 Å². The number of carbonyl (C=O) groups excluding carboxylic acids is 1. The SMILES string of the molecule is CN=C(NCc1ccnc(OC)c1)N1CCCC(CC(N)=O)C1.I. The molecule has 134 valence electrons. The Morgan fingerprint density at radius 3 is 3.04 bits per heavy atom. The first-order valence-corrected chi connectivity index (χ1v) is 7.85. The average Bonchev–Trinajstić information content (AvgIpc) is 2.55.